The van der Waals surface area contributed by atoms with Crippen LogP contribution in [0.1, 0.15) is 41.6 Å². The van der Waals surface area contributed by atoms with Crippen LogP contribution in [0, 0.1) is 17.8 Å². The molecule has 0 unspecified atom stereocenters. The van der Waals surface area contributed by atoms with Gasteiger partial charge in [0.1, 0.15) is 0 Å². The van der Waals surface area contributed by atoms with Crippen LogP contribution in [0.2, 0.25) is 0 Å². The summed E-state index contributed by atoms with van der Waals surface area (Å²) in [6.45, 7) is 1.51. The van der Waals surface area contributed by atoms with E-state index < -0.39 is 0 Å². The molecule has 2 aliphatic rings. The van der Waals surface area contributed by atoms with E-state index in [1.54, 1.807) is 0 Å². The molecule has 1 aromatic carbocycles. The Labute approximate surface area is 120 Å². The molecule has 0 heterocycles. The Kier molecular flexibility index (Phi) is 4.06. The van der Waals surface area contributed by atoms with Gasteiger partial charge >= 0.3 is 0 Å². The van der Waals surface area contributed by atoms with E-state index >= 15 is 0 Å². The maximum atomic E-state index is 12.2. The molecule has 0 atom stereocenters. The van der Waals surface area contributed by atoms with Gasteiger partial charge in [-0.2, -0.15) is 0 Å². The zero-order chi connectivity index (χ0) is 13.9. The molecule has 0 bridgehead atoms. The highest BCUT2D eigenvalue weighted by molar-refractivity contribution is 5.94. The summed E-state index contributed by atoms with van der Waals surface area (Å²) in [5.41, 5.74) is 7.48. The van der Waals surface area contributed by atoms with Gasteiger partial charge in [0.05, 0.1) is 0 Å². The van der Waals surface area contributed by atoms with Crippen LogP contribution in [-0.4, -0.2) is 19.0 Å². The molecule has 108 valence electrons. The smallest absolute Gasteiger partial charge is 0.251 e. The lowest BCUT2D eigenvalue weighted by Gasteiger charge is -2.16. The van der Waals surface area contributed by atoms with E-state index in [0.29, 0.717) is 6.54 Å². The fourth-order valence-electron chi connectivity index (χ4n) is 3.07. The molecule has 0 saturated heterocycles. The lowest BCUT2D eigenvalue weighted by Crippen LogP contribution is -2.31. The fourth-order valence-corrected chi connectivity index (χ4v) is 3.07. The molecule has 2 aliphatic carbocycles. The first-order valence-electron chi connectivity index (χ1n) is 7.85. The molecule has 0 spiro atoms. The second-order valence-electron chi connectivity index (χ2n) is 6.28. The number of amides is 1. The van der Waals surface area contributed by atoms with E-state index in [2.05, 4.69) is 5.32 Å². The second kappa shape index (κ2) is 5.96. The zero-order valence-electron chi connectivity index (χ0n) is 12.0. The van der Waals surface area contributed by atoms with Gasteiger partial charge in [0.2, 0.25) is 0 Å². The first-order valence-corrected chi connectivity index (χ1v) is 7.85. The molecule has 1 amide bonds. The molecule has 0 aliphatic heterocycles. The lowest BCUT2D eigenvalue weighted by atomic mass is 9.98. The van der Waals surface area contributed by atoms with Crippen molar-refractivity contribution in [3.8, 4) is 0 Å². The standard InChI is InChI=1S/C17H24N2O/c18-10-9-12-1-3-15(4-2-12)17(20)19-11-16(13-5-6-13)14-7-8-14/h1-4,13-14,16H,5-11,18H2,(H,19,20). The van der Waals surface area contributed by atoms with Crippen LogP contribution in [0.3, 0.4) is 0 Å². The van der Waals surface area contributed by atoms with Gasteiger partial charge in [-0.3, -0.25) is 4.79 Å². The highest BCUT2D eigenvalue weighted by Crippen LogP contribution is 2.48. The van der Waals surface area contributed by atoms with Gasteiger partial charge in [-0.1, -0.05) is 12.1 Å². The number of nitrogens with one attached hydrogen (secondary N) is 1. The maximum absolute atomic E-state index is 12.2. The van der Waals surface area contributed by atoms with Crippen LogP contribution in [0.4, 0.5) is 0 Å². The normalized spacial score (nSPS) is 18.3. The van der Waals surface area contributed by atoms with Crippen molar-refractivity contribution >= 4 is 5.91 Å². The summed E-state index contributed by atoms with van der Waals surface area (Å²) < 4.78 is 0. The molecule has 0 radical (unpaired) electrons. The number of nitrogens with two attached hydrogens (primary N) is 1. The van der Waals surface area contributed by atoms with Gasteiger partial charge < -0.3 is 11.1 Å². The number of carbonyl (C=O) groups is 1. The van der Waals surface area contributed by atoms with E-state index in [-0.39, 0.29) is 5.91 Å². The Morgan fingerprint density at radius 1 is 1.15 bits per heavy atom. The molecule has 3 rings (SSSR count). The summed E-state index contributed by atoms with van der Waals surface area (Å²) in [5, 5.41) is 3.13. The average Bonchev–Trinajstić information content (AvgIpc) is 3.34. The van der Waals surface area contributed by atoms with Gasteiger partial charge in [0, 0.05) is 12.1 Å². The van der Waals surface area contributed by atoms with Crippen molar-refractivity contribution in [2.75, 3.05) is 13.1 Å². The first-order chi connectivity index (χ1) is 9.78. The average molecular weight is 272 g/mol. The summed E-state index contributed by atoms with van der Waals surface area (Å²) in [5.74, 6) is 2.57. The number of hydrogen-bond acceptors (Lipinski definition) is 2. The summed E-state index contributed by atoms with van der Waals surface area (Å²) in [7, 11) is 0. The first kappa shape index (κ1) is 13.6. The Hall–Kier alpha value is -1.35. The van der Waals surface area contributed by atoms with Gasteiger partial charge in [-0.15, -0.1) is 0 Å². The zero-order valence-corrected chi connectivity index (χ0v) is 12.0. The summed E-state index contributed by atoms with van der Waals surface area (Å²) in [6, 6.07) is 7.81. The van der Waals surface area contributed by atoms with Crippen LogP contribution in [0.25, 0.3) is 0 Å². The van der Waals surface area contributed by atoms with Crippen molar-refractivity contribution < 1.29 is 4.79 Å². The predicted molar refractivity (Wildman–Crippen MR) is 80.5 cm³/mol. The lowest BCUT2D eigenvalue weighted by molar-refractivity contribution is 0.0943. The van der Waals surface area contributed by atoms with E-state index in [1.807, 2.05) is 24.3 Å². The SMILES string of the molecule is NCCc1ccc(C(=O)NCC(C2CC2)C2CC2)cc1. The van der Waals surface area contributed by atoms with Gasteiger partial charge in [-0.25, -0.2) is 0 Å². The third-order valence-electron chi connectivity index (χ3n) is 4.60. The molecule has 3 nitrogen and oxygen atoms in total. The Morgan fingerprint density at radius 3 is 2.25 bits per heavy atom. The van der Waals surface area contributed by atoms with E-state index in [0.717, 1.165) is 36.3 Å². The number of carbonyl (C=O) groups excluding carboxylic acids is 1. The highest BCUT2D eigenvalue weighted by Gasteiger charge is 2.41. The molecule has 2 fully saturated rings. The van der Waals surface area contributed by atoms with E-state index in [9.17, 15) is 4.79 Å². The van der Waals surface area contributed by atoms with Crippen LogP contribution in [0.5, 0.6) is 0 Å². The summed E-state index contributed by atoms with van der Waals surface area (Å²) in [6.07, 6.45) is 6.33. The van der Waals surface area contributed by atoms with Crippen LogP contribution >= 0.6 is 0 Å². The van der Waals surface area contributed by atoms with Crippen LogP contribution in [-0.2, 0) is 6.42 Å². The summed E-state index contributed by atoms with van der Waals surface area (Å²) >= 11 is 0. The molecular weight excluding hydrogens is 248 g/mol. The minimum absolute atomic E-state index is 0.0654. The van der Waals surface area contributed by atoms with Gasteiger partial charge in [0.15, 0.2) is 0 Å². The van der Waals surface area contributed by atoms with Crippen molar-refractivity contribution in [3.63, 3.8) is 0 Å². The minimum Gasteiger partial charge on any atom is -0.352 e. The third-order valence-corrected chi connectivity index (χ3v) is 4.60. The fraction of sp³-hybridized carbons (Fsp3) is 0.588. The second-order valence-corrected chi connectivity index (χ2v) is 6.28. The predicted octanol–water partition coefficient (Wildman–Crippen LogP) is 2.35. The molecule has 3 N–H and O–H groups in total. The van der Waals surface area contributed by atoms with E-state index in [1.165, 1.54) is 31.2 Å². The molecule has 3 heteroatoms. The van der Waals surface area contributed by atoms with Crippen molar-refractivity contribution in [1.29, 1.82) is 0 Å². The Morgan fingerprint density at radius 2 is 1.75 bits per heavy atom. The number of benzene rings is 1. The molecule has 20 heavy (non-hydrogen) atoms. The van der Waals surface area contributed by atoms with Crippen LogP contribution in [0.15, 0.2) is 24.3 Å². The largest absolute Gasteiger partial charge is 0.352 e. The Bertz CT molecular complexity index is 448. The summed E-state index contributed by atoms with van der Waals surface area (Å²) in [4.78, 5) is 12.2. The molecular formula is C17H24N2O. The number of rotatable bonds is 7. The third kappa shape index (κ3) is 3.40. The minimum atomic E-state index is 0.0654. The van der Waals surface area contributed by atoms with Crippen molar-refractivity contribution in [2.24, 2.45) is 23.5 Å². The van der Waals surface area contributed by atoms with Crippen molar-refractivity contribution in [2.45, 2.75) is 32.1 Å². The molecule has 0 aromatic heterocycles. The van der Waals surface area contributed by atoms with Crippen molar-refractivity contribution in [1.82, 2.24) is 5.32 Å². The highest BCUT2D eigenvalue weighted by atomic mass is 16.1. The van der Waals surface area contributed by atoms with E-state index in [4.69, 9.17) is 5.73 Å². The Balaban J connectivity index is 1.52. The number of hydrogen-bond donors (Lipinski definition) is 2. The quantitative estimate of drug-likeness (QED) is 0.800. The maximum Gasteiger partial charge on any atom is 0.251 e. The van der Waals surface area contributed by atoms with Gasteiger partial charge in [0.25, 0.3) is 5.91 Å². The topological polar surface area (TPSA) is 55.1 Å². The molecule has 2 saturated carbocycles. The van der Waals surface area contributed by atoms with Gasteiger partial charge in [-0.05, 0) is 74.1 Å². The molecule has 1 aromatic rings. The van der Waals surface area contributed by atoms with Crippen molar-refractivity contribution in [3.05, 3.63) is 35.4 Å². The monoisotopic (exact) mass is 272 g/mol. The van der Waals surface area contributed by atoms with Crippen LogP contribution < -0.4 is 11.1 Å².